The van der Waals surface area contributed by atoms with E-state index in [1.807, 2.05) is 0 Å². The largest absolute Gasteiger partial charge is 0.472 e. The van der Waals surface area contributed by atoms with Gasteiger partial charge in [0.2, 0.25) is 0 Å². The summed E-state index contributed by atoms with van der Waals surface area (Å²) in [6, 6.07) is 0. The number of phosphoric ester groups is 2. The van der Waals surface area contributed by atoms with Crippen molar-refractivity contribution in [2.45, 2.75) is 210 Å². The van der Waals surface area contributed by atoms with Gasteiger partial charge in [0.1, 0.15) is 12.2 Å². The van der Waals surface area contributed by atoms with Crippen LogP contribution in [0.2, 0.25) is 0 Å². The molecule has 0 radical (unpaired) electrons. The Hall–Kier alpha value is 0.1000. The first kappa shape index (κ1) is 59.1. The average Bonchev–Trinajstić information content (AvgIpc) is 3.13. The van der Waals surface area contributed by atoms with Gasteiger partial charge in [-0.25, -0.2) is 9.13 Å². The first-order valence-corrected chi connectivity index (χ1v) is 26.9. The molecule has 0 aliphatic carbocycles. The highest BCUT2D eigenvalue weighted by Gasteiger charge is 2.27. The molecular formula is C46H96O11P2. The smallest absolute Gasteiger partial charge is 0.388 e. The Morgan fingerprint density at radius 2 is 0.729 bits per heavy atom. The van der Waals surface area contributed by atoms with E-state index in [9.17, 15) is 19.1 Å². The Labute approximate surface area is 363 Å². The Balaban J connectivity index is 4.69. The van der Waals surface area contributed by atoms with Crippen LogP contribution in [0, 0.1) is 47.3 Å². The summed E-state index contributed by atoms with van der Waals surface area (Å²) in [5, 5.41) is 9.84. The highest BCUT2D eigenvalue weighted by Crippen LogP contribution is 2.44. The maximum absolute atomic E-state index is 12.6. The summed E-state index contributed by atoms with van der Waals surface area (Å²) in [7, 11) is -9.41. The molecule has 1 unspecified atom stereocenters. The molecule has 0 aromatic carbocycles. The van der Waals surface area contributed by atoms with Gasteiger partial charge in [-0.15, -0.1) is 0 Å². The zero-order valence-electron chi connectivity index (χ0n) is 39.7. The number of hydrogen-bond acceptors (Lipinski definition) is 8. The molecule has 0 rings (SSSR count). The Bertz CT molecular complexity index is 1060. The second kappa shape index (κ2) is 35.4. The maximum Gasteiger partial charge on any atom is 0.472 e. The minimum atomic E-state index is -4.80. The van der Waals surface area contributed by atoms with Crippen LogP contribution >= 0.6 is 15.6 Å². The third-order valence-electron chi connectivity index (χ3n) is 11.8. The molecule has 356 valence electrons. The van der Waals surface area contributed by atoms with Crippen LogP contribution in [-0.2, 0) is 32.2 Å². The molecule has 0 saturated carbocycles. The highest BCUT2D eigenvalue weighted by atomic mass is 31.2. The molecule has 4 N–H and O–H groups in total. The van der Waals surface area contributed by atoms with Gasteiger partial charge in [0.15, 0.2) is 0 Å². The Kier molecular flexibility index (Phi) is 35.5. The Morgan fingerprint density at radius 1 is 0.407 bits per heavy atom. The van der Waals surface area contributed by atoms with E-state index in [0.717, 1.165) is 61.2 Å². The molecule has 0 aromatic heterocycles. The molecule has 0 heterocycles. The second-order valence-corrected chi connectivity index (χ2v) is 22.3. The fraction of sp³-hybridized carbons (Fsp3) is 1.00. The number of aliphatic hydroxyl groups is 1. The summed E-state index contributed by atoms with van der Waals surface area (Å²) in [4.78, 5) is 27.8. The van der Waals surface area contributed by atoms with Crippen molar-refractivity contribution < 1.29 is 52.0 Å². The van der Waals surface area contributed by atoms with Gasteiger partial charge in [-0.1, -0.05) is 185 Å². The lowest BCUT2D eigenvalue weighted by Crippen LogP contribution is -2.27. The van der Waals surface area contributed by atoms with Crippen molar-refractivity contribution in [3.05, 3.63) is 0 Å². The molecule has 0 amide bonds. The van der Waals surface area contributed by atoms with Gasteiger partial charge in [0.25, 0.3) is 0 Å². The van der Waals surface area contributed by atoms with Crippen molar-refractivity contribution in [1.82, 2.24) is 0 Å². The quantitative estimate of drug-likeness (QED) is 0.0341. The first-order chi connectivity index (χ1) is 27.7. The van der Waals surface area contributed by atoms with E-state index >= 15 is 0 Å². The number of rotatable bonds is 42. The molecule has 0 saturated heterocycles. The van der Waals surface area contributed by atoms with Gasteiger partial charge in [-0.3, -0.25) is 13.6 Å². The van der Waals surface area contributed by atoms with Crippen LogP contribution in [0.15, 0.2) is 0 Å². The van der Waals surface area contributed by atoms with Crippen molar-refractivity contribution in [3.63, 3.8) is 0 Å². The van der Waals surface area contributed by atoms with Crippen LogP contribution < -0.4 is 0 Å². The third-order valence-corrected chi connectivity index (χ3v) is 13.3. The summed E-state index contributed by atoms with van der Waals surface area (Å²) in [5.41, 5.74) is 0. The number of ether oxygens (including phenoxy) is 2. The summed E-state index contributed by atoms with van der Waals surface area (Å²) in [6.07, 6.45) is 22.8. The molecule has 0 fully saturated rings. The predicted octanol–water partition coefficient (Wildman–Crippen LogP) is 12.9. The molecule has 13 heteroatoms. The number of phosphoric acid groups is 2. The molecule has 9 atom stereocenters. The van der Waals surface area contributed by atoms with Crippen LogP contribution in [0.4, 0.5) is 0 Å². The van der Waals surface area contributed by atoms with E-state index in [1.165, 1.54) is 103 Å². The van der Waals surface area contributed by atoms with Gasteiger partial charge < -0.3 is 29.3 Å². The van der Waals surface area contributed by atoms with Crippen LogP contribution in [0.1, 0.15) is 198 Å². The second-order valence-electron chi connectivity index (χ2n) is 19.6. The lowest BCUT2D eigenvalue weighted by Gasteiger charge is -2.22. The van der Waals surface area contributed by atoms with E-state index in [1.54, 1.807) is 0 Å². The lowest BCUT2D eigenvalue weighted by molar-refractivity contribution is -0.0492. The van der Waals surface area contributed by atoms with E-state index in [2.05, 4.69) is 73.8 Å². The lowest BCUT2D eigenvalue weighted by atomic mass is 9.91. The fourth-order valence-corrected chi connectivity index (χ4v) is 8.74. The molecule has 11 nitrogen and oxygen atoms in total. The number of aliphatic hydroxyl groups excluding tert-OH is 1. The minimum Gasteiger partial charge on any atom is -0.388 e. The normalized spacial score (nSPS) is 17.8. The fourth-order valence-electron chi connectivity index (χ4n) is 7.58. The summed E-state index contributed by atoms with van der Waals surface area (Å²) in [5.74, 6) is 5.73. The molecule has 0 spiro atoms. The monoisotopic (exact) mass is 887 g/mol. The van der Waals surface area contributed by atoms with Crippen LogP contribution in [0.25, 0.3) is 0 Å². The van der Waals surface area contributed by atoms with Crippen molar-refractivity contribution in [2.75, 3.05) is 39.6 Å². The SMILES string of the molecule is CC(C)CCC[C@H](C)CCC[C@@H](C)CCC[C@@H](C)CCOC[C@@H](COP(=O)(O)OC[C@H](O)COP(=O)(O)O)OCC[C@H](C)CCC[C@H](C)CCC[C@@H](C)CCCC(C)C. The van der Waals surface area contributed by atoms with Gasteiger partial charge >= 0.3 is 15.6 Å². The Morgan fingerprint density at radius 3 is 1.10 bits per heavy atom. The van der Waals surface area contributed by atoms with E-state index in [0.29, 0.717) is 25.0 Å². The molecular weight excluding hydrogens is 790 g/mol. The predicted molar refractivity (Wildman–Crippen MR) is 243 cm³/mol. The summed E-state index contributed by atoms with van der Waals surface area (Å²) < 4.78 is 49.9. The third kappa shape index (κ3) is 40.6. The topological polar surface area (TPSA) is 161 Å². The van der Waals surface area contributed by atoms with E-state index in [-0.39, 0.29) is 13.2 Å². The molecule has 0 aliphatic rings. The number of hydrogen-bond donors (Lipinski definition) is 4. The highest BCUT2D eigenvalue weighted by molar-refractivity contribution is 7.47. The standard InChI is InChI=1S/C46H96O11P2/c1-37(2)17-11-19-39(5)21-13-23-41(7)25-15-27-43(9)29-31-53-35-46(36-57-59(51,52)56-34-45(47)33-55-58(48,49)50)54-32-30-44(10)28-16-26-42(8)24-14-22-40(6)20-12-18-38(3)4/h37-47H,11-36H2,1-10H3,(H,51,52)(H2,48,49,50)/t39-,40-,41+,42+,43+,44+,45+,46-/m0/s1. The van der Waals surface area contributed by atoms with E-state index < -0.39 is 41.1 Å². The zero-order valence-corrected chi connectivity index (χ0v) is 41.5. The van der Waals surface area contributed by atoms with Crippen molar-refractivity contribution in [3.8, 4) is 0 Å². The van der Waals surface area contributed by atoms with Crippen LogP contribution in [0.5, 0.6) is 0 Å². The van der Waals surface area contributed by atoms with Gasteiger partial charge in [-0.2, -0.15) is 0 Å². The summed E-state index contributed by atoms with van der Waals surface area (Å²) in [6.45, 7) is 22.8. The summed E-state index contributed by atoms with van der Waals surface area (Å²) >= 11 is 0. The zero-order chi connectivity index (χ0) is 44.7. The van der Waals surface area contributed by atoms with Gasteiger partial charge in [0.05, 0.1) is 26.4 Å². The molecule has 0 bridgehead atoms. The van der Waals surface area contributed by atoms with Crippen LogP contribution in [0.3, 0.4) is 0 Å². The maximum atomic E-state index is 12.6. The van der Waals surface area contributed by atoms with E-state index in [4.69, 9.17) is 28.3 Å². The molecule has 59 heavy (non-hydrogen) atoms. The van der Waals surface area contributed by atoms with Crippen molar-refractivity contribution in [2.24, 2.45) is 47.3 Å². The van der Waals surface area contributed by atoms with Crippen molar-refractivity contribution in [1.29, 1.82) is 0 Å². The molecule has 0 aromatic rings. The van der Waals surface area contributed by atoms with Crippen molar-refractivity contribution >= 4 is 15.6 Å². The minimum absolute atomic E-state index is 0.195. The average molecular weight is 887 g/mol. The van der Waals surface area contributed by atoms with Crippen LogP contribution in [-0.4, -0.2) is 71.6 Å². The first-order valence-electron chi connectivity index (χ1n) is 23.9. The molecule has 0 aliphatic heterocycles. The van der Waals surface area contributed by atoms with Gasteiger partial charge in [-0.05, 0) is 60.2 Å². The van der Waals surface area contributed by atoms with Gasteiger partial charge in [0, 0.05) is 13.2 Å².